The molecule has 3 heterocycles. The van der Waals surface area contributed by atoms with E-state index < -0.39 is 29.1 Å². The van der Waals surface area contributed by atoms with Crippen LogP contribution < -0.4 is 0 Å². The second kappa shape index (κ2) is 21.1. The van der Waals surface area contributed by atoms with Crippen molar-refractivity contribution < 1.29 is 83.1 Å². The third-order valence-electron chi connectivity index (χ3n) is 7.62. The van der Waals surface area contributed by atoms with Crippen LogP contribution in [0.2, 0.25) is 0 Å². The summed E-state index contributed by atoms with van der Waals surface area (Å²) in [6.07, 6.45) is 7.67. The SMILES string of the molecule is C1CCOC1.C1CCOC1.C1CCOC1.CC1C(C)C(C)C(C)C1C.Fc1[c-]c(F)c(F)c(F)c1F.[Yb+2]. The summed E-state index contributed by atoms with van der Waals surface area (Å²) in [5, 5.41) is 0. The van der Waals surface area contributed by atoms with Gasteiger partial charge in [-0.1, -0.05) is 34.6 Å². The van der Waals surface area contributed by atoms with Gasteiger partial charge < -0.3 is 14.2 Å². The van der Waals surface area contributed by atoms with Crippen LogP contribution in [0.15, 0.2) is 0 Å². The molecule has 0 unspecified atom stereocenters. The molecule has 4 fully saturated rings. The topological polar surface area (TPSA) is 27.7 Å². The molecule has 5 rings (SSSR count). The third-order valence-corrected chi connectivity index (χ3v) is 7.62. The molecule has 3 aliphatic heterocycles. The fraction of sp³-hybridized carbons (Fsp3) is 0.786. The zero-order valence-electron chi connectivity index (χ0n) is 22.8. The Balaban J connectivity index is 0.000000454. The van der Waals surface area contributed by atoms with E-state index in [9.17, 15) is 22.0 Å². The van der Waals surface area contributed by atoms with Gasteiger partial charge in [0.05, 0.1) is 29.1 Å². The fourth-order valence-corrected chi connectivity index (χ4v) is 4.42. The molecular weight excluding hydrogens is 652 g/mol. The van der Waals surface area contributed by atoms with Crippen LogP contribution in [0.5, 0.6) is 0 Å². The molecular formula is C28H44F5O3Yb+. The van der Waals surface area contributed by atoms with Gasteiger partial charge in [0, 0.05) is 39.6 Å². The van der Waals surface area contributed by atoms with Gasteiger partial charge >= 0.3 is 46.9 Å². The summed E-state index contributed by atoms with van der Waals surface area (Å²) in [4.78, 5) is 0. The van der Waals surface area contributed by atoms with Crippen molar-refractivity contribution in [2.75, 3.05) is 39.6 Å². The summed E-state index contributed by atoms with van der Waals surface area (Å²) in [5.74, 6) is -5.37. The molecule has 3 saturated heterocycles. The summed E-state index contributed by atoms with van der Waals surface area (Å²) in [6, 6.07) is 1.02. The first-order chi connectivity index (χ1) is 17.1. The Morgan fingerprint density at radius 2 is 0.676 bits per heavy atom. The molecule has 222 valence electrons. The van der Waals surface area contributed by atoms with E-state index in [-0.39, 0.29) is 46.9 Å². The molecule has 9 heteroatoms. The Kier molecular flexibility index (Phi) is 21.2. The molecule has 4 aliphatic rings. The minimum absolute atomic E-state index is 0. The second-order valence-electron chi connectivity index (χ2n) is 9.95. The molecule has 1 saturated carbocycles. The van der Waals surface area contributed by atoms with Gasteiger partial charge in [-0.25, -0.2) is 13.2 Å². The van der Waals surface area contributed by atoms with Crippen molar-refractivity contribution in [1.29, 1.82) is 0 Å². The Morgan fingerprint density at radius 1 is 0.459 bits per heavy atom. The molecule has 0 amide bonds. The van der Waals surface area contributed by atoms with Crippen molar-refractivity contribution in [3.8, 4) is 0 Å². The Morgan fingerprint density at radius 3 is 0.838 bits per heavy atom. The first-order valence-corrected chi connectivity index (χ1v) is 13.2. The zero-order valence-corrected chi connectivity index (χ0v) is 24.5. The first-order valence-electron chi connectivity index (χ1n) is 13.2. The van der Waals surface area contributed by atoms with Gasteiger partial charge in [0.25, 0.3) is 0 Å². The molecule has 1 aromatic rings. The number of rotatable bonds is 0. The van der Waals surface area contributed by atoms with Crippen LogP contribution in [0.3, 0.4) is 0 Å². The summed E-state index contributed by atoms with van der Waals surface area (Å²) >= 11 is 0. The van der Waals surface area contributed by atoms with E-state index in [1.165, 1.54) is 38.5 Å². The van der Waals surface area contributed by atoms with E-state index in [0.29, 0.717) is 0 Å². The maximum absolute atomic E-state index is 12.0. The van der Waals surface area contributed by atoms with Gasteiger partial charge in [0.15, 0.2) is 0 Å². The quantitative estimate of drug-likeness (QED) is 0.120. The van der Waals surface area contributed by atoms with Crippen LogP contribution in [0.25, 0.3) is 0 Å². The first kappa shape index (κ1) is 37.3. The average Bonchev–Trinajstić information content (AvgIpc) is 3.71. The van der Waals surface area contributed by atoms with Crippen LogP contribution >= 0.6 is 0 Å². The number of ether oxygens (including phenoxy) is 3. The van der Waals surface area contributed by atoms with Crippen LogP contribution in [-0.2, 0) is 14.2 Å². The van der Waals surface area contributed by atoms with Crippen LogP contribution in [0, 0.1) is 112 Å². The molecule has 0 N–H and O–H groups in total. The maximum atomic E-state index is 12.0. The van der Waals surface area contributed by atoms with Crippen LogP contribution in [0.4, 0.5) is 22.0 Å². The maximum Gasteiger partial charge on any atom is 2.00 e. The minimum atomic E-state index is -2.17. The standard InChI is InChI=1S/C10H20.C6F5.3C4H8O.Yb/c1-6-7(2)9(4)10(5)8(6)3;7-2-1-3(8)5(10)6(11)4(2)9;3*1-2-4-5-3-1;/h6-10H,1-5H3;;3*1-4H2;/q;-1;;;;+2. The van der Waals surface area contributed by atoms with Crippen molar-refractivity contribution in [3.63, 3.8) is 0 Å². The average molecular weight is 697 g/mol. The number of hydrogen-bond acceptors (Lipinski definition) is 3. The smallest absolute Gasteiger partial charge is 0.381 e. The van der Waals surface area contributed by atoms with Gasteiger partial charge in [0.2, 0.25) is 0 Å². The molecule has 1 aromatic carbocycles. The summed E-state index contributed by atoms with van der Waals surface area (Å²) in [5.41, 5.74) is 0. The van der Waals surface area contributed by atoms with Crippen molar-refractivity contribution in [3.05, 3.63) is 35.2 Å². The zero-order chi connectivity index (χ0) is 27.1. The van der Waals surface area contributed by atoms with Crippen LogP contribution in [0.1, 0.15) is 73.1 Å². The Hall–Kier alpha value is 0.269. The van der Waals surface area contributed by atoms with E-state index in [4.69, 9.17) is 14.2 Å². The molecule has 3 nitrogen and oxygen atoms in total. The monoisotopic (exact) mass is 697 g/mol. The summed E-state index contributed by atoms with van der Waals surface area (Å²) in [7, 11) is 0. The third kappa shape index (κ3) is 13.9. The predicted molar refractivity (Wildman–Crippen MR) is 131 cm³/mol. The molecule has 37 heavy (non-hydrogen) atoms. The van der Waals surface area contributed by atoms with Crippen molar-refractivity contribution in [2.24, 2.45) is 29.6 Å². The molecule has 0 radical (unpaired) electrons. The Bertz CT molecular complexity index is 611. The number of hydrogen-bond donors (Lipinski definition) is 0. The largest absolute Gasteiger partial charge is 2.00 e. The minimum Gasteiger partial charge on any atom is -0.381 e. The number of halogens is 5. The molecule has 1 aliphatic carbocycles. The van der Waals surface area contributed by atoms with Gasteiger partial charge in [-0.2, -0.15) is 0 Å². The summed E-state index contributed by atoms with van der Waals surface area (Å²) in [6.45, 7) is 18.0. The molecule has 0 bridgehead atoms. The summed E-state index contributed by atoms with van der Waals surface area (Å²) < 4.78 is 74.7. The Labute approximate surface area is 258 Å². The van der Waals surface area contributed by atoms with Crippen molar-refractivity contribution >= 4 is 0 Å². The van der Waals surface area contributed by atoms with E-state index in [2.05, 4.69) is 34.6 Å². The van der Waals surface area contributed by atoms with Gasteiger partial charge in [-0.3, -0.25) is 8.78 Å². The molecule has 0 aromatic heterocycles. The van der Waals surface area contributed by atoms with Crippen LogP contribution in [-0.4, -0.2) is 39.6 Å². The van der Waals surface area contributed by atoms with Gasteiger partial charge in [0.1, 0.15) is 0 Å². The normalized spacial score (nSPS) is 27.8. The number of benzene rings is 1. The molecule has 0 atom stereocenters. The second-order valence-corrected chi connectivity index (χ2v) is 9.95. The fourth-order valence-electron chi connectivity index (χ4n) is 4.42. The van der Waals surface area contributed by atoms with Gasteiger partial charge in [-0.05, 0) is 68.1 Å². The van der Waals surface area contributed by atoms with E-state index >= 15 is 0 Å². The molecule has 0 spiro atoms. The van der Waals surface area contributed by atoms with E-state index in [1.807, 2.05) is 0 Å². The van der Waals surface area contributed by atoms with Crippen molar-refractivity contribution in [1.82, 2.24) is 0 Å². The predicted octanol–water partition coefficient (Wildman–Crippen LogP) is 7.75. The van der Waals surface area contributed by atoms with Crippen molar-refractivity contribution in [2.45, 2.75) is 73.1 Å². The van der Waals surface area contributed by atoms with E-state index in [0.717, 1.165) is 75.3 Å². The van der Waals surface area contributed by atoms with Gasteiger partial charge in [-0.15, -0.1) is 6.07 Å². The van der Waals surface area contributed by atoms with E-state index in [1.54, 1.807) is 0 Å².